The number of pyridine rings is 1. The molecule has 14 heavy (non-hydrogen) atoms. The van der Waals surface area contributed by atoms with Gasteiger partial charge in [-0.2, -0.15) is 5.26 Å². The highest BCUT2D eigenvalue weighted by atomic mass is 16.1. The lowest BCUT2D eigenvalue weighted by molar-refractivity contribution is 0.784. The molecule has 0 amide bonds. The number of nitrogens with zero attached hydrogens (tertiary/aromatic N) is 1. The molecule has 3 heteroatoms. The number of hydrogen-bond donors (Lipinski definition) is 1. The second kappa shape index (κ2) is 4.61. The second-order valence-electron chi connectivity index (χ2n) is 3.38. The van der Waals surface area contributed by atoms with Crippen molar-refractivity contribution >= 4 is 0 Å². The van der Waals surface area contributed by atoms with Crippen molar-refractivity contribution in [3.8, 4) is 6.07 Å². The third-order valence-corrected chi connectivity index (χ3v) is 2.27. The molecule has 0 saturated carbocycles. The molecule has 0 radical (unpaired) electrons. The first-order valence-corrected chi connectivity index (χ1v) is 4.82. The van der Waals surface area contributed by atoms with E-state index in [4.69, 9.17) is 5.26 Å². The van der Waals surface area contributed by atoms with Crippen LogP contribution in [0.4, 0.5) is 0 Å². The van der Waals surface area contributed by atoms with Crippen molar-refractivity contribution in [1.29, 1.82) is 5.26 Å². The summed E-state index contributed by atoms with van der Waals surface area (Å²) in [5.41, 5.74) is 1.87. The lowest BCUT2D eigenvalue weighted by Gasteiger charge is -2.04. The van der Waals surface area contributed by atoms with E-state index in [2.05, 4.69) is 11.9 Å². The minimum Gasteiger partial charge on any atom is -0.325 e. The summed E-state index contributed by atoms with van der Waals surface area (Å²) < 4.78 is 0. The zero-order valence-electron chi connectivity index (χ0n) is 8.55. The number of aryl methyl sites for hydroxylation is 2. The van der Waals surface area contributed by atoms with E-state index in [0.717, 1.165) is 30.5 Å². The summed E-state index contributed by atoms with van der Waals surface area (Å²) in [4.78, 5) is 13.9. The van der Waals surface area contributed by atoms with E-state index in [1.165, 1.54) is 0 Å². The number of nitrogens with one attached hydrogen (secondary N) is 1. The first-order chi connectivity index (χ1) is 6.69. The van der Waals surface area contributed by atoms with Crippen molar-refractivity contribution in [2.75, 3.05) is 0 Å². The maximum absolute atomic E-state index is 11.2. The van der Waals surface area contributed by atoms with Gasteiger partial charge in [0.2, 0.25) is 0 Å². The summed E-state index contributed by atoms with van der Waals surface area (Å²) in [6.45, 7) is 3.99. The summed E-state index contributed by atoms with van der Waals surface area (Å²) in [7, 11) is 0. The van der Waals surface area contributed by atoms with Gasteiger partial charge in [0.05, 0.1) is 0 Å². The summed E-state index contributed by atoms with van der Waals surface area (Å²) >= 11 is 0. The first kappa shape index (κ1) is 10.5. The molecule has 0 fully saturated rings. The van der Waals surface area contributed by atoms with Gasteiger partial charge >= 0.3 is 0 Å². The summed E-state index contributed by atoms with van der Waals surface area (Å²) in [5.74, 6) is 0. The van der Waals surface area contributed by atoms with E-state index in [-0.39, 0.29) is 11.1 Å². The minimum absolute atomic E-state index is 0.210. The first-order valence-electron chi connectivity index (χ1n) is 4.82. The van der Waals surface area contributed by atoms with Crippen molar-refractivity contribution in [2.24, 2.45) is 0 Å². The number of hydrogen-bond acceptors (Lipinski definition) is 2. The van der Waals surface area contributed by atoms with Crippen LogP contribution in [-0.4, -0.2) is 4.98 Å². The quantitative estimate of drug-likeness (QED) is 0.791. The predicted octanol–water partition coefficient (Wildman–Crippen LogP) is 1.90. The fourth-order valence-corrected chi connectivity index (χ4v) is 1.38. The smallest absolute Gasteiger partial charge is 0.266 e. The van der Waals surface area contributed by atoms with Crippen molar-refractivity contribution < 1.29 is 0 Å². The van der Waals surface area contributed by atoms with Crippen LogP contribution in [0.15, 0.2) is 10.9 Å². The molecule has 0 aromatic carbocycles. The lowest BCUT2D eigenvalue weighted by atomic mass is 10.1. The Balaban J connectivity index is 3.06. The van der Waals surface area contributed by atoms with Gasteiger partial charge in [-0.25, -0.2) is 0 Å². The predicted molar refractivity (Wildman–Crippen MR) is 55.1 cm³/mol. The van der Waals surface area contributed by atoms with Gasteiger partial charge in [0, 0.05) is 5.69 Å². The van der Waals surface area contributed by atoms with Gasteiger partial charge in [-0.15, -0.1) is 0 Å². The summed E-state index contributed by atoms with van der Waals surface area (Å²) in [6, 6.07) is 3.59. The van der Waals surface area contributed by atoms with Crippen LogP contribution >= 0.6 is 0 Å². The van der Waals surface area contributed by atoms with E-state index in [0.29, 0.717) is 0 Å². The van der Waals surface area contributed by atoms with Gasteiger partial charge in [-0.3, -0.25) is 4.79 Å². The van der Waals surface area contributed by atoms with Gasteiger partial charge in [0.25, 0.3) is 5.56 Å². The molecule has 1 N–H and O–H groups in total. The molecule has 0 spiro atoms. The Morgan fingerprint density at radius 1 is 1.57 bits per heavy atom. The van der Waals surface area contributed by atoms with Crippen LogP contribution in [0.3, 0.4) is 0 Å². The molecule has 3 nitrogen and oxygen atoms in total. The van der Waals surface area contributed by atoms with Crippen LogP contribution in [-0.2, 0) is 6.42 Å². The monoisotopic (exact) mass is 190 g/mol. The lowest BCUT2D eigenvalue weighted by Crippen LogP contribution is -2.13. The molecule has 1 rings (SSSR count). The molecule has 0 aliphatic rings. The van der Waals surface area contributed by atoms with Gasteiger partial charge in [-0.1, -0.05) is 13.3 Å². The number of aromatic amines is 1. The van der Waals surface area contributed by atoms with Gasteiger partial charge in [-0.05, 0) is 31.4 Å². The third kappa shape index (κ3) is 2.23. The Morgan fingerprint density at radius 3 is 2.86 bits per heavy atom. The minimum atomic E-state index is -0.287. The van der Waals surface area contributed by atoms with Gasteiger partial charge in [0.1, 0.15) is 11.6 Å². The van der Waals surface area contributed by atoms with Crippen molar-refractivity contribution in [3.63, 3.8) is 0 Å². The van der Waals surface area contributed by atoms with E-state index < -0.39 is 0 Å². The summed E-state index contributed by atoms with van der Waals surface area (Å²) in [6.07, 6.45) is 3.12. The number of nitriles is 1. The molecular weight excluding hydrogens is 176 g/mol. The highest BCUT2D eigenvalue weighted by Gasteiger charge is 2.04. The second-order valence-corrected chi connectivity index (χ2v) is 3.38. The number of H-pyrrole nitrogens is 1. The van der Waals surface area contributed by atoms with Crippen molar-refractivity contribution in [1.82, 2.24) is 4.98 Å². The molecule has 0 aliphatic heterocycles. The molecule has 74 valence electrons. The number of unbranched alkanes of at least 4 members (excludes halogenated alkanes) is 1. The SMILES string of the molecule is CCCCc1cc(C#N)c(=O)[nH]c1C. The molecule has 1 aromatic rings. The Morgan fingerprint density at radius 2 is 2.29 bits per heavy atom. The van der Waals surface area contributed by atoms with Crippen LogP contribution in [0.25, 0.3) is 0 Å². The van der Waals surface area contributed by atoms with Crippen LogP contribution in [0.2, 0.25) is 0 Å². The zero-order chi connectivity index (χ0) is 10.6. The van der Waals surface area contributed by atoms with E-state index in [1.807, 2.05) is 13.0 Å². The molecule has 0 saturated heterocycles. The number of rotatable bonds is 3. The Kier molecular flexibility index (Phi) is 3.47. The molecular formula is C11H14N2O. The van der Waals surface area contributed by atoms with Crippen LogP contribution in [0.1, 0.15) is 36.6 Å². The average molecular weight is 190 g/mol. The molecule has 0 atom stereocenters. The Labute approximate surface area is 83.4 Å². The Hall–Kier alpha value is -1.56. The zero-order valence-corrected chi connectivity index (χ0v) is 8.55. The molecule has 1 aromatic heterocycles. The van der Waals surface area contributed by atoms with Crippen molar-refractivity contribution in [2.45, 2.75) is 33.1 Å². The maximum Gasteiger partial charge on any atom is 0.266 e. The van der Waals surface area contributed by atoms with E-state index in [1.54, 1.807) is 6.07 Å². The van der Waals surface area contributed by atoms with Gasteiger partial charge in [0.15, 0.2) is 0 Å². The average Bonchev–Trinajstić information content (AvgIpc) is 2.17. The molecule has 0 bridgehead atoms. The fourth-order valence-electron chi connectivity index (χ4n) is 1.38. The van der Waals surface area contributed by atoms with Crippen LogP contribution in [0, 0.1) is 18.3 Å². The van der Waals surface area contributed by atoms with E-state index >= 15 is 0 Å². The molecule has 1 heterocycles. The summed E-state index contributed by atoms with van der Waals surface area (Å²) in [5, 5.41) is 8.69. The standard InChI is InChI=1S/C11H14N2O/c1-3-4-5-9-6-10(7-12)11(14)13-8(9)2/h6H,3-5H2,1-2H3,(H,13,14). The van der Waals surface area contributed by atoms with Crippen molar-refractivity contribution in [3.05, 3.63) is 33.2 Å². The van der Waals surface area contributed by atoms with Crippen LogP contribution < -0.4 is 5.56 Å². The largest absolute Gasteiger partial charge is 0.325 e. The normalized spacial score (nSPS) is 9.79. The number of aromatic nitrogens is 1. The highest BCUT2D eigenvalue weighted by Crippen LogP contribution is 2.08. The topological polar surface area (TPSA) is 56.6 Å². The van der Waals surface area contributed by atoms with Crippen LogP contribution in [0.5, 0.6) is 0 Å². The third-order valence-electron chi connectivity index (χ3n) is 2.27. The highest BCUT2D eigenvalue weighted by molar-refractivity contribution is 5.32. The molecule has 0 aliphatic carbocycles. The fraction of sp³-hybridized carbons (Fsp3) is 0.455. The maximum atomic E-state index is 11.2. The van der Waals surface area contributed by atoms with E-state index in [9.17, 15) is 4.79 Å². The Bertz CT molecular complexity index is 412. The molecule has 0 unspecified atom stereocenters. The van der Waals surface area contributed by atoms with Gasteiger partial charge < -0.3 is 4.98 Å².